The molecule has 1 amide bonds. The third-order valence-electron chi connectivity index (χ3n) is 5.21. The summed E-state index contributed by atoms with van der Waals surface area (Å²) < 4.78 is 100. The van der Waals surface area contributed by atoms with Crippen LogP contribution in [0.25, 0.3) is 11.0 Å². The Bertz CT molecular complexity index is 1340. The van der Waals surface area contributed by atoms with Crippen molar-refractivity contribution in [2.45, 2.75) is 36.9 Å². The number of nitrogens with one attached hydrogen (secondary N) is 1. The van der Waals surface area contributed by atoms with Gasteiger partial charge in [0, 0.05) is 24.5 Å². The van der Waals surface area contributed by atoms with Gasteiger partial charge in [0.2, 0.25) is 11.0 Å². The Hall–Kier alpha value is -3.19. The molecule has 2 aromatic carbocycles. The molecule has 3 aromatic rings. The fraction of sp³-hybridized carbons (Fsp3) is 0.286. The van der Waals surface area contributed by atoms with Gasteiger partial charge in [-0.05, 0) is 48.7 Å². The highest BCUT2D eigenvalue weighted by atomic mass is 32.2. The average molecular weight is 504 g/mol. The van der Waals surface area contributed by atoms with Crippen molar-refractivity contribution in [3.8, 4) is 5.75 Å². The van der Waals surface area contributed by atoms with Gasteiger partial charge in [-0.25, -0.2) is 17.2 Å². The van der Waals surface area contributed by atoms with Gasteiger partial charge in [0.05, 0.1) is 0 Å². The van der Waals surface area contributed by atoms with Crippen LogP contribution >= 0.6 is 0 Å². The number of hydrogen-bond donors (Lipinski definition) is 1. The number of hydrogen-bond acceptors (Lipinski definition) is 5. The molecule has 13 heteroatoms. The van der Waals surface area contributed by atoms with Crippen molar-refractivity contribution >= 4 is 26.9 Å². The molecule has 7 nitrogen and oxygen atoms in total. The van der Waals surface area contributed by atoms with E-state index in [1.54, 1.807) is 0 Å². The highest BCUT2D eigenvalue weighted by molar-refractivity contribution is 7.89. The highest BCUT2D eigenvalue weighted by Gasteiger charge is 2.41. The number of rotatable bonds is 6. The first-order chi connectivity index (χ1) is 15.9. The van der Waals surface area contributed by atoms with E-state index in [1.807, 2.05) is 0 Å². The molecule has 0 radical (unpaired) electrons. The second kappa shape index (κ2) is 8.87. The number of nitrogens with zero attached hydrogens (tertiary/aromatic N) is 1. The molecule has 0 bridgehead atoms. The van der Waals surface area contributed by atoms with Crippen molar-refractivity contribution in [1.29, 1.82) is 0 Å². The van der Waals surface area contributed by atoms with Crippen molar-refractivity contribution < 1.29 is 44.3 Å². The van der Waals surface area contributed by atoms with Gasteiger partial charge in [0.1, 0.15) is 17.4 Å². The molecule has 0 spiro atoms. The number of carbonyl (C=O) groups is 1. The SMILES string of the molecule is O=C(NCc1ccc(F)c(OC(F)(F)F)c1)C1CCCN1S(=O)(=O)c1cc2cc(F)ccc2o1. The van der Waals surface area contributed by atoms with Gasteiger partial charge in [-0.3, -0.25) is 4.79 Å². The standard InChI is InChI=1S/C21H17F5N2O5S/c22-14-4-6-17-13(9-14)10-19(32-17)34(30,31)28-7-1-2-16(28)20(29)27-11-12-3-5-15(23)18(8-12)33-21(24,25)26/h3-6,8-10,16H,1-2,7,11H2,(H,27,29). The van der Waals surface area contributed by atoms with E-state index in [0.29, 0.717) is 6.42 Å². The molecular formula is C21H17F5N2O5S. The van der Waals surface area contributed by atoms with E-state index in [1.165, 1.54) is 12.1 Å². The number of alkyl halides is 3. The van der Waals surface area contributed by atoms with Crippen LogP contribution in [0, 0.1) is 11.6 Å². The van der Waals surface area contributed by atoms with Gasteiger partial charge >= 0.3 is 6.36 Å². The molecule has 0 saturated carbocycles. The highest BCUT2D eigenvalue weighted by Crippen LogP contribution is 2.31. The van der Waals surface area contributed by atoms with Crippen LogP contribution in [0.2, 0.25) is 0 Å². The molecule has 1 saturated heterocycles. The molecule has 0 aliphatic carbocycles. The van der Waals surface area contributed by atoms with Crippen LogP contribution in [0.1, 0.15) is 18.4 Å². The van der Waals surface area contributed by atoms with Crippen LogP contribution in [0.15, 0.2) is 52.0 Å². The Kier molecular flexibility index (Phi) is 6.25. The molecule has 4 rings (SSSR count). The normalized spacial score (nSPS) is 17.3. The van der Waals surface area contributed by atoms with Crippen LogP contribution in [0.3, 0.4) is 0 Å². The summed E-state index contributed by atoms with van der Waals surface area (Å²) in [6, 6.07) is 6.31. The van der Waals surface area contributed by atoms with Gasteiger partial charge in [-0.2, -0.15) is 4.31 Å². The summed E-state index contributed by atoms with van der Waals surface area (Å²) in [4.78, 5) is 12.7. The van der Waals surface area contributed by atoms with Gasteiger partial charge < -0.3 is 14.5 Å². The molecule has 1 unspecified atom stereocenters. The van der Waals surface area contributed by atoms with Crippen LogP contribution in [0.4, 0.5) is 22.0 Å². The van der Waals surface area contributed by atoms with Gasteiger partial charge in [-0.15, -0.1) is 13.2 Å². The largest absolute Gasteiger partial charge is 0.573 e. The Morgan fingerprint density at radius 1 is 1.15 bits per heavy atom. The molecule has 2 heterocycles. The lowest BCUT2D eigenvalue weighted by atomic mass is 10.2. The smallest absolute Gasteiger partial charge is 0.443 e. The van der Waals surface area contributed by atoms with Crippen molar-refractivity contribution in [3.63, 3.8) is 0 Å². The lowest BCUT2D eigenvalue weighted by Gasteiger charge is -2.22. The molecule has 182 valence electrons. The topological polar surface area (TPSA) is 88.9 Å². The summed E-state index contributed by atoms with van der Waals surface area (Å²) >= 11 is 0. The monoisotopic (exact) mass is 504 g/mol. The summed E-state index contributed by atoms with van der Waals surface area (Å²) in [5.41, 5.74) is 0.272. The maximum atomic E-state index is 13.6. The first kappa shape index (κ1) is 24.0. The summed E-state index contributed by atoms with van der Waals surface area (Å²) in [7, 11) is -4.23. The van der Waals surface area contributed by atoms with E-state index >= 15 is 0 Å². The first-order valence-corrected chi connectivity index (χ1v) is 11.4. The van der Waals surface area contributed by atoms with Crippen LogP contribution in [0.5, 0.6) is 5.75 Å². The number of carbonyl (C=O) groups excluding carboxylic acids is 1. The number of furan rings is 1. The molecule has 1 aliphatic heterocycles. The van der Waals surface area contributed by atoms with E-state index < -0.39 is 50.8 Å². The molecule has 1 atom stereocenters. The van der Waals surface area contributed by atoms with Gasteiger partial charge in [0.25, 0.3) is 10.0 Å². The van der Waals surface area contributed by atoms with E-state index in [4.69, 9.17) is 4.42 Å². The minimum atomic E-state index is -5.09. The van der Waals surface area contributed by atoms with E-state index in [2.05, 4.69) is 10.1 Å². The lowest BCUT2D eigenvalue weighted by Crippen LogP contribution is -2.45. The molecule has 1 N–H and O–H groups in total. The zero-order chi connectivity index (χ0) is 24.7. The number of halogens is 5. The van der Waals surface area contributed by atoms with Crippen molar-refractivity contribution in [2.75, 3.05) is 6.54 Å². The zero-order valence-corrected chi connectivity index (χ0v) is 18.1. The Labute approximate surface area is 190 Å². The quantitative estimate of drug-likeness (QED) is 0.511. The number of ether oxygens (including phenoxy) is 1. The Morgan fingerprint density at radius 2 is 1.91 bits per heavy atom. The van der Waals surface area contributed by atoms with Crippen molar-refractivity contribution in [3.05, 3.63) is 59.7 Å². The minimum absolute atomic E-state index is 0.0337. The van der Waals surface area contributed by atoms with Crippen molar-refractivity contribution in [1.82, 2.24) is 9.62 Å². The summed E-state index contributed by atoms with van der Waals surface area (Å²) in [6.07, 6.45) is -4.51. The van der Waals surface area contributed by atoms with Crippen molar-refractivity contribution in [2.24, 2.45) is 0 Å². The fourth-order valence-corrected chi connectivity index (χ4v) is 5.30. The third kappa shape index (κ3) is 4.99. The summed E-state index contributed by atoms with van der Waals surface area (Å²) in [6.45, 7) is -0.256. The third-order valence-corrected chi connectivity index (χ3v) is 6.98. The van der Waals surface area contributed by atoms with Crippen LogP contribution < -0.4 is 10.1 Å². The van der Waals surface area contributed by atoms with E-state index in [9.17, 15) is 35.2 Å². The zero-order valence-electron chi connectivity index (χ0n) is 17.2. The number of fused-ring (bicyclic) bond motifs is 1. The van der Waals surface area contributed by atoms with Gasteiger partial charge in [-0.1, -0.05) is 6.07 Å². The van der Waals surface area contributed by atoms with Crippen LogP contribution in [-0.2, 0) is 21.4 Å². The average Bonchev–Trinajstić information content (AvgIpc) is 3.40. The number of amides is 1. The summed E-state index contributed by atoms with van der Waals surface area (Å²) in [5, 5.41) is 2.25. The maximum Gasteiger partial charge on any atom is 0.573 e. The van der Waals surface area contributed by atoms with Gasteiger partial charge in [0.15, 0.2) is 11.6 Å². The van der Waals surface area contributed by atoms with E-state index in [-0.39, 0.29) is 36.0 Å². The Morgan fingerprint density at radius 3 is 2.65 bits per heavy atom. The summed E-state index contributed by atoms with van der Waals surface area (Å²) in [5.74, 6) is -3.54. The minimum Gasteiger partial charge on any atom is -0.443 e. The van der Waals surface area contributed by atoms with E-state index in [0.717, 1.165) is 34.6 Å². The predicted molar refractivity (Wildman–Crippen MR) is 108 cm³/mol. The second-order valence-corrected chi connectivity index (χ2v) is 9.37. The fourth-order valence-electron chi connectivity index (χ4n) is 3.69. The molecule has 1 aromatic heterocycles. The first-order valence-electron chi connectivity index (χ1n) is 9.97. The molecule has 1 fully saturated rings. The number of benzene rings is 2. The molecule has 1 aliphatic rings. The molecular weight excluding hydrogens is 487 g/mol. The Balaban J connectivity index is 1.48. The molecule has 34 heavy (non-hydrogen) atoms. The lowest BCUT2D eigenvalue weighted by molar-refractivity contribution is -0.275. The number of sulfonamides is 1. The predicted octanol–water partition coefficient (Wildman–Crippen LogP) is 4.08. The second-order valence-electron chi connectivity index (χ2n) is 7.55. The van der Waals surface area contributed by atoms with Crippen LogP contribution in [-0.4, -0.2) is 37.6 Å². The maximum absolute atomic E-state index is 13.6.